The summed E-state index contributed by atoms with van der Waals surface area (Å²) in [4.78, 5) is 17.1. The summed E-state index contributed by atoms with van der Waals surface area (Å²) in [7, 11) is -2.75. The predicted octanol–water partition coefficient (Wildman–Crippen LogP) is 1.13. The summed E-state index contributed by atoms with van der Waals surface area (Å²) in [5.74, 6) is -1.44. The van der Waals surface area contributed by atoms with E-state index in [9.17, 15) is 18.3 Å². The van der Waals surface area contributed by atoms with Gasteiger partial charge in [-0.3, -0.25) is 14.4 Å². The van der Waals surface area contributed by atoms with E-state index in [0.717, 1.165) is 4.88 Å². The Bertz CT molecular complexity index is 934. The minimum absolute atomic E-state index is 0. The maximum atomic E-state index is 12.5. The first kappa shape index (κ1) is 17.9. The monoisotopic (exact) mass is 368 g/mol. The molecule has 2 aromatic rings. The summed E-state index contributed by atoms with van der Waals surface area (Å²) < 4.78 is 25.7. The number of carbonyl (C=O) groups excluding carboxylic acids is 1. The van der Waals surface area contributed by atoms with Crippen LogP contribution in [-0.4, -0.2) is 30.7 Å². The fourth-order valence-corrected chi connectivity index (χ4v) is 4.28. The van der Waals surface area contributed by atoms with Gasteiger partial charge in [-0.2, -0.15) is 0 Å². The minimum Gasteiger partial charge on any atom is -0.870 e. The molecule has 10 heteroatoms. The van der Waals surface area contributed by atoms with E-state index in [0.29, 0.717) is 9.44 Å². The van der Waals surface area contributed by atoms with Crippen LogP contribution < -0.4 is 16.6 Å². The van der Waals surface area contributed by atoms with Gasteiger partial charge >= 0.3 is 0 Å². The van der Waals surface area contributed by atoms with E-state index in [-0.39, 0.29) is 16.6 Å². The third-order valence-electron chi connectivity index (χ3n) is 3.36. The molecule has 0 spiro atoms. The number of hydrogen-bond acceptors (Lipinski definition) is 6. The number of aromatic nitrogens is 1. The van der Waals surface area contributed by atoms with Crippen molar-refractivity contribution in [2.45, 2.75) is 11.8 Å². The number of anilines is 1. The number of rotatable bonds is 2. The molecule has 1 amide bonds. The van der Waals surface area contributed by atoms with Crippen LogP contribution in [0.2, 0.25) is 0 Å². The van der Waals surface area contributed by atoms with Crippen LogP contribution in [0.15, 0.2) is 41.1 Å². The summed E-state index contributed by atoms with van der Waals surface area (Å²) in [6.07, 6.45) is 1.57. The molecule has 0 bridgehead atoms. The van der Waals surface area contributed by atoms with Gasteiger partial charge in [0.15, 0.2) is 5.13 Å². The molecule has 3 rings (SSSR count). The van der Waals surface area contributed by atoms with Crippen molar-refractivity contribution in [1.29, 1.82) is 0 Å². The standard InChI is InChI=1S/C14H13N3O4S2.H3N/c1-8-7-15-14(22-8)16-13(19)11-12(18)9-5-3-4-6-10(9)23(20,21)17(11)2;/h3-7,18H,1-2H3,(H,15,16,19);1H3. The normalized spacial score (nSPS) is 15.5. The summed E-state index contributed by atoms with van der Waals surface area (Å²) in [5, 5.41) is 15.3. The van der Waals surface area contributed by atoms with Crippen molar-refractivity contribution < 1.29 is 18.3 Å². The Labute approximate surface area is 143 Å². The van der Waals surface area contributed by atoms with Crippen molar-refractivity contribution in [2.24, 2.45) is 0 Å². The van der Waals surface area contributed by atoms with Crippen LogP contribution in [0.4, 0.5) is 5.13 Å². The zero-order valence-electron chi connectivity index (χ0n) is 13.2. The average Bonchev–Trinajstić information content (AvgIpc) is 2.91. The molecule has 0 saturated carbocycles. The van der Waals surface area contributed by atoms with Gasteiger partial charge in [0.2, 0.25) is 0 Å². The van der Waals surface area contributed by atoms with E-state index in [1.165, 1.54) is 36.6 Å². The molecule has 5 N–H and O–H groups in total. The van der Waals surface area contributed by atoms with Crippen LogP contribution in [0.25, 0.3) is 5.76 Å². The molecule has 2 heterocycles. The van der Waals surface area contributed by atoms with Crippen LogP contribution in [0.1, 0.15) is 10.4 Å². The lowest BCUT2D eigenvalue weighted by Gasteiger charge is -2.33. The summed E-state index contributed by atoms with van der Waals surface area (Å²) >= 11 is 1.23. The Morgan fingerprint density at radius 1 is 1.33 bits per heavy atom. The Morgan fingerprint density at radius 2 is 2.00 bits per heavy atom. The molecule has 0 fully saturated rings. The van der Waals surface area contributed by atoms with Gasteiger partial charge in [-0.25, -0.2) is 13.4 Å². The number of quaternary nitrogens is 1. The number of fused-ring (bicyclic) bond motifs is 1. The van der Waals surface area contributed by atoms with Crippen LogP contribution in [0, 0.1) is 6.92 Å². The van der Waals surface area contributed by atoms with E-state index in [1.807, 2.05) is 6.92 Å². The molecule has 0 unspecified atom stereocenters. The van der Waals surface area contributed by atoms with Gasteiger partial charge in [0, 0.05) is 18.1 Å². The molecule has 1 aromatic heterocycles. The summed E-state index contributed by atoms with van der Waals surface area (Å²) in [6.45, 7) is 1.82. The highest BCUT2D eigenvalue weighted by molar-refractivity contribution is 7.89. The van der Waals surface area contributed by atoms with Gasteiger partial charge in [-0.1, -0.05) is 24.0 Å². The molecule has 8 nitrogen and oxygen atoms in total. The van der Waals surface area contributed by atoms with Gasteiger partial charge in [0.05, 0.1) is 4.90 Å². The Morgan fingerprint density at radius 3 is 2.62 bits per heavy atom. The lowest BCUT2D eigenvalue weighted by Crippen LogP contribution is -2.39. The highest BCUT2D eigenvalue weighted by atomic mass is 32.2. The maximum absolute atomic E-state index is 12.5. The van der Waals surface area contributed by atoms with Crippen molar-refractivity contribution in [2.75, 3.05) is 12.4 Å². The van der Waals surface area contributed by atoms with Crippen LogP contribution in [0.3, 0.4) is 0 Å². The number of carbonyl (C=O) groups is 1. The largest absolute Gasteiger partial charge is 0.870 e. The van der Waals surface area contributed by atoms with Crippen molar-refractivity contribution in [1.82, 2.24) is 15.4 Å². The predicted molar refractivity (Wildman–Crippen MR) is 89.8 cm³/mol. The average molecular weight is 368 g/mol. The zero-order chi connectivity index (χ0) is 16.8. The van der Waals surface area contributed by atoms with Crippen LogP contribution >= 0.6 is 11.3 Å². The smallest absolute Gasteiger partial charge is 0.274 e. The second kappa shape index (κ2) is 6.23. The van der Waals surface area contributed by atoms with E-state index >= 15 is 0 Å². The first-order valence-corrected chi connectivity index (χ1v) is 8.81. The van der Waals surface area contributed by atoms with Gasteiger partial charge < -0.3 is 11.3 Å². The second-order valence-corrected chi connectivity index (χ2v) is 8.05. The van der Waals surface area contributed by atoms with Crippen LogP contribution in [0.5, 0.6) is 0 Å². The van der Waals surface area contributed by atoms with Crippen molar-refractivity contribution in [3.63, 3.8) is 0 Å². The number of nitrogens with zero attached hydrogens (tertiary/aromatic N) is 2. The number of benzene rings is 1. The zero-order valence-corrected chi connectivity index (χ0v) is 14.9. The molecule has 24 heavy (non-hydrogen) atoms. The third-order valence-corrected chi connectivity index (χ3v) is 6.00. The fraction of sp³-hybridized carbons (Fsp3) is 0.143. The Hall–Kier alpha value is -2.43. The molecule has 0 radical (unpaired) electrons. The Kier molecular flexibility index (Phi) is 4.65. The lowest BCUT2D eigenvalue weighted by molar-refractivity contribution is -0.246. The summed E-state index contributed by atoms with van der Waals surface area (Å²) in [5.41, 5.74) is -0.456. The highest BCUT2D eigenvalue weighted by Crippen LogP contribution is 2.33. The van der Waals surface area contributed by atoms with Gasteiger partial charge in [-0.15, -0.1) is 11.3 Å². The molecule has 0 saturated heterocycles. The molecular weight excluding hydrogens is 352 g/mol. The molecular formula is C14H16N4O4S2. The topological polar surface area (TPSA) is 139 Å². The van der Waals surface area contributed by atoms with Gasteiger partial charge in [-0.05, 0) is 18.6 Å². The number of likely N-dealkylation sites (N-methyl/N-ethyl adjacent to an activating group) is 1. The first-order chi connectivity index (χ1) is 10.8. The lowest BCUT2D eigenvalue weighted by atomic mass is 10.1. The van der Waals surface area contributed by atoms with Gasteiger partial charge in [0.1, 0.15) is 5.70 Å². The van der Waals surface area contributed by atoms with Crippen molar-refractivity contribution >= 4 is 38.2 Å². The SMILES string of the molecule is Cc1cnc(NC(=O)C2=C([O-])c3ccccc3S(=O)(=O)N2C)s1.[NH4+]. The van der Waals surface area contributed by atoms with E-state index in [1.54, 1.807) is 12.3 Å². The molecule has 0 atom stereocenters. The number of amides is 1. The minimum atomic E-state index is -3.94. The third kappa shape index (κ3) is 2.75. The maximum Gasteiger partial charge on any atom is 0.274 e. The molecule has 1 aliphatic heterocycles. The summed E-state index contributed by atoms with van der Waals surface area (Å²) in [6, 6.07) is 5.82. The highest BCUT2D eigenvalue weighted by Gasteiger charge is 2.34. The second-order valence-electron chi connectivity index (χ2n) is 4.88. The number of hydrogen-bond donors (Lipinski definition) is 2. The fourth-order valence-electron chi connectivity index (χ4n) is 2.23. The van der Waals surface area contributed by atoms with E-state index in [2.05, 4.69) is 10.3 Å². The molecule has 1 aromatic carbocycles. The molecule has 1 aliphatic rings. The number of nitrogens with one attached hydrogen (secondary N) is 1. The van der Waals surface area contributed by atoms with Gasteiger partial charge in [0.25, 0.3) is 15.9 Å². The number of sulfonamides is 1. The van der Waals surface area contributed by atoms with E-state index in [4.69, 9.17) is 0 Å². The molecule has 128 valence electrons. The van der Waals surface area contributed by atoms with Crippen molar-refractivity contribution in [3.05, 3.63) is 46.6 Å². The number of thiazole rings is 1. The van der Waals surface area contributed by atoms with Crippen molar-refractivity contribution in [3.8, 4) is 0 Å². The first-order valence-electron chi connectivity index (χ1n) is 6.56. The van der Waals surface area contributed by atoms with E-state index < -0.39 is 27.4 Å². The molecule has 0 aliphatic carbocycles. The number of aryl methyl sites for hydroxylation is 1. The Balaban J connectivity index is 0.00000208. The quantitative estimate of drug-likeness (QED) is 0.818. The van der Waals surface area contributed by atoms with Crippen LogP contribution in [-0.2, 0) is 14.8 Å².